The van der Waals surface area contributed by atoms with Crippen LogP contribution in [0.4, 0.5) is 0 Å². The standard InChI is InChI=1S/C52H52S3/c1-49(2,3)32-24-30(25-33(27-32)50(4,5)6)37-26-31(46-43(44(37)51(7,8)9)36-20-14-17-23-42(36)53-46)29-52(10,11)45-47-38(34-18-12-15-21-40(34)54-47)28-39-35-19-13-16-22-41(35)55-48(39)45/h12-28H,29H2,1-11H3. The van der Waals surface area contributed by atoms with Crippen LogP contribution in [-0.2, 0) is 28.1 Å². The Balaban J connectivity index is 1.37. The molecule has 9 aromatic rings. The van der Waals surface area contributed by atoms with Crippen LogP contribution in [0.3, 0.4) is 0 Å². The van der Waals surface area contributed by atoms with E-state index in [2.05, 4.69) is 179 Å². The van der Waals surface area contributed by atoms with Crippen LogP contribution in [0.25, 0.3) is 71.6 Å². The van der Waals surface area contributed by atoms with Gasteiger partial charge in [-0.05, 0) is 97.4 Å². The molecular formula is C52H52S3. The molecule has 0 unspecified atom stereocenters. The van der Waals surface area contributed by atoms with Gasteiger partial charge in [0.05, 0.1) is 0 Å². The van der Waals surface area contributed by atoms with Crippen molar-refractivity contribution in [3.05, 3.63) is 131 Å². The van der Waals surface area contributed by atoms with E-state index < -0.39 is 0 Å². The Morgan fingerprint density at radius 2 is 0.873 bits per heavy atom. The summed E-state index contributed by atoms with van der Waals surface area (Å²) in [5.41, 5.74) is 9.77. The van der Waals surface area contributed by atoms with E-state index in [0.717, 1.165) is 6.42 Å². The van der Waals surface area contributed by atoms with Gasteiger partial charge in [-0.3, -0.25) is 0 Å². The van der Waals surface area contributed by atoms with Crippen molar-refractivity contribution in [2.75, 3.05) is 0 Å². The molecule has 278 valence electrons. The molecule has 3 heteroatoms. The molecule has 0 aliphatic carbocycles. The Morgan fingerprint density at radius 1 is 0.418 bits per heavy atom. The maximum atomic E-state index is 2.63. The van der Waals surface area contributed by atoms with E-state index in [4.69, 9.17) is 0 Å². The molecule has 9 rings (SSSR count). The fourth-order valence-corrected chi connectivity index (χ4v) is 13.1. The lowest BCUT2D eigenvalue weighted by Gasteiger charge is -2.31. The van der Waals surface area contributed by atoms with Gasteiger partial charge in [0.2, 0.25) is 0 Å². The van der Waals surface area contributed by atoms with Crippen LogP contribution >= 0.6 is 34.0 Å². The Hall–Kier alpha value is -4.02. The zero-order valence-electron chi connectivity index (χ0n) is 34.2. The lowest BCUT2D eigenvalue weighted by atomic mass is 9.73. The maximum Gasteiger partial charge on any atom is 0.0407 e. The van der Waals surface area contributed by atoms with Crippen LogP contribution in [0, 0.1) is 0 Å². The molecule has 0 spiro atoms. The predicted octanol–water partition coefficient (Wildman–Crippen LogP) is 16.9. The second-order valence-corrected chi connectivity index (χ2v) is 22.7. The highest BCUT2D eigenvalue weighted by atomic mass is 32.1. The average molecular weight is 773 g/mol. The molecule has 0 aliphatic heterocycles. The van der Waals surface area contributed by atoms with Crippen molar-refractivity contribution in [1.29, 1.82) is 0 Å². The number of rotatable bonds is 4. The topological polar surface area (TPSA) is 0 Å². The van der Waals surface area contributed by atoms with Gasteiger partial charge in [-0.15, -0.1) is 34.0 Å². The summed E-state index contributed by atoms with van der Waals surface area (Å²) in [7, 11) is 0. The summed E-state index contributed by atoms with van der Waals surface area (Å²) in [5, 5.41) is 8.35. The van der Waals surface area contributed by atoms with Gasteiger partial charge >= 0.3 is 0 Å². The second-order valence-electron chi connectivity index (χ2n) is 19.6. The molecule has 0 fully saturated rings. The van der Waals surface area contributed by atoms with Gasteiger partial charge in [0.15, 0.2) is 0 Å². The lowest BCUT2D eigenvalue weighted by Crippen LogP contribution is -2.22. The number of thiophene rings is 3. The molecule has 0 N–H and O–H groups in total. The maximum absolute atomic E-state index is 2.63. The summed E-state index contributed by atoms with van der Waals surface area (Å²) in [6.45, 7) is 26.4. The largest absolute Gasteiger partial charge is 0.135 e. The van der Waals surface area contributed by atoms with Crippen molar-refractivity contribution in [2.45, 2.75) is 104 Å². The number of hydrogen-bond donors (Lipinski definition) is 0. The molecule has 0 saturated carbocycles. The van der Waals surface area contributed by atoms with E-state index in [1.54, 1.807) is 0 Å². The van der Waals surface area contributed by atoms with Crippen LogP contribution < -0.4 is 0 Å². The first kappa shape index (κ1) is 36.6. The SMILES string of the molecule is CC(C)(C)c1cc(-c2cc(CC(C)(C)c3c4sc5ccccc5c4cc4c3sc3ccccc34)c3sc4ccccc4c3c2C(C)(C)C)cc(C(C)(C)C)c1. The molecule has 0 radical (unpaired) electrons. The van der Waals surface area contributed by atoms with Gasteiger partial charge in [-0.25, -0.2) is 0 Å². The Bertz CT molecular complexity index is 2850. The number of hydrogen-bond acceptors (Lipinski definition) is 3. The molecule has 0 saturated heterocycles. The third kappa shape index (κ3) is 6.04. The van der Waals surface area contributed by atoms with E-state index >= 15 is 0 Å². The Labute approximate surface area is 338 Å². The molecule has 0 aliphatic rings. The zero-order chi connectivity index (χ0) is 38.8. The normalized spacial score (nSPS) is 13.4. The minimum Gasteiger partial charge on any atom is -0.135 e. The van der Waals surface area contributed by atoms with Crippen LogP contribution in [0.2, 0.25) is 0 Å². The van der Waals surface area contributed by atoms with Gasteiger partial charge < -0.3 is 0 Å². The van der Waals surface area contributed by atoms with Crippen LogP contribution in [0.5, 0.6) is 0 Å². The lowest BCUT2D eigenvalue weighted by molar-refractivity contribution is 0.534. The van der Waals surface area contributed by atoms with Gasteiger partial charge in [0.1, 0.15) is 0 Å². The van der Waals surface area contributed by atoms with E-state index in [0.29, 0.717) is 0 Å². The van der Waals surface area contributed by atoms with Crippen LogP contribution in [-0.4, -0.2) is 0 Å². The van der Waals surface area contributed by atoms with Crippen LogP contribution in [0.15, 0.2) is 103 Å². The molecule has 0 atom stereocenters. The molecule has 0 nitrogen and oxygen atoms in total. The molecule has 0 amide bonds. The Morgan fingerprint density at radius 3 is 1.36 bits per heavy atom. The molecule has 3 heterocycles. The molecule has 55 heavy (non-hydrogen) atoms. The third-order valence-electron chi connectivity index (χ3n) is 11.8. The predicted molar refractivity (Wildman–Crippen MR) is 250 cm³/mol. The van der Waals surface area contributed by atoms with E-state index in [-0.39, 0.29) is 21.7 Å². The van der Waals surface area contributed by atoms with E-state index in [9.17, 15) is 0 Å². The van der Waals surface area contributed by atoms with Gasteiger partial charge in [-0.1, -0.05) is 149 Å². The summed E-state index contributed by atoms with van der Waals surface area (Å²) in [6, 6.07) is 39.8. The first-order valence-electron chi connectivity index (χ1n) is 19.8. The summed E-state index contributed by atoms with van der Waals surface area (Å²) in [4.78, 5) is 0. The number of fused-ring (bicyclic) bond motifs is 9. The summed E-state index contributed by atoms with van der Waals surface area (Å²) < 4.78 is 8.44. The fraction of sp³-hybridized carbons (Fsp3) is 0.308. The third-order valence-corrected chi connectivity index (χ3v) is 15.4. The van der Waals surface area contributed by atoms with Crippen molar-refractivity contribution in [2.24, 2.45) is 0 Å². The Kier molecular flexibility index (Phi) is 8.31. The summed E-state index contributed by atoms with van der Waals surface area (Å²) in [6.07, 6.45) is 0.940. The monoisotopic (exact) mass is 772 g/mol. The average Bonchev–Trinajstić information content (AvgIpc) is 3.80. The van der Waals surface area contributed by atoms with Crippen molar-refractivity contribution in [3.8, 4) is 11.1 Å². The number of benzene rings is 6. The fourth-order valence-electron chi connectivity index (χ4n) is 8.97. The highest BCUT2D eigenvalue weighted by Crippen LogP contribution is 2.52. The highest BCUT2D eigenvalue weighted by Gasteiger charge is 2.33. The smallest absolute Gasteiger partial charge is 0.0407 e. The first-order valence-corrected chi connectivity index (χ1v) is 22.3. The molecule has 6 aromatic carbocycles. The molecular weight excluding hydrogens is 721 g/mol. The summed E-state index contributed by atoms with van der Waals surface area (Å²) in [5.74, 6) is 0. The molecule has 3 aromatic heterocycles. The minimum absolute atomic E-state index is 0.0282. The van der Waals surface area contributed by atoms with Gasteiger partial charge in [-0.2, -0.15) is 0 Å². The quantitative estimate of drug-likeness (QED) is 0.167. The van der Waals surface area contributed by atoms with Crippen molar-refractivity contribution in [1.82, 2.24) is 0 Å². The van der Waals surface area contributed by atoms with E-state index in [1.807, 2.05) is 34.0 Å². The van der Waals surface area contributed by atoms with Crippen molar-refractivity contribution >= 4 is 94.5 Å². The van der Waals surface area contributed by atoms with Crippen molar-refractivity contribution in [3.63, 3.8) is 0 Å². The minimum atomic E-state index is -0.160. The van der Waals surface area contributed by atoms with Gasteiger partial charge in [0.25, 0.3) is 0 Å². The second kappa shape index (κ2) is 12.5. The van der Waals surface area contributed by atoms with Crippen molar-refractivity contribution < 1.29 is 0 Å². The van der Waals surface area contributed by atoms with E-state index in [1.165, 1.54) is 99.5 Å². The highest BCUT2D eigenvalue weighted by molar-refractivity contribution is 7.28. The van der Waals surface area contributed by atoms with Gasteiger partial charge in [0, 0.05) is 60.5 Å². The van der Waals surface area contributed by atoms with Crippen LogP contribution in [0.1, 0.15) is 104 Å². The zero-order valence-corrected chi connectivity index (χ0v) is 36.7. The summed E-state index contributed by atoms with van der Waals surface area (Å²) >= 11 is 5.95. The molecule has 0 bridgehead atoms. The first-order chi connectivity index (χ1) is 25.9.